The molecule has 1 atom stereocenters. The molecule has 10 heteroatoms. The predicted molar refractivity (Wildman–Crippen MR) is 113 cm³/mol. The van der Waals surface area contributed by atoms with E-state index in [9.17, 15) is 4.79 Å². The summed E-state index contributed by atoms with van der Waals surface area (Å²) < 4.78 is 5.46. The summed E-state index contributed by atoms with van der Waals surface area (Å²) in [6.07, 6.45) is 9.40. The molecule has 0 spiro atoms. The Hall–Kier alpha value is -3.40. The van der Waals surface area contributed by atoms with Gasteiger partial charge in [-0.25, -0.2) is 15.0 Å². The topological polar surface area (TPSA) is 122 Å². The van der Waals surface area contributed by atoms with Crippen molar-refractivity contribution in [2.75, 3.05) is 30.0 Å². The smallest absolute Gasteiger partial charge is 0.255 e. The van der Waals surface area contributed by atoms with Crippen molar-refractivity contribution < 1.29 is 9.53 Å². The van der Waals surface area contributed by atoms with Gasteiger partial charge in [-0.2, -0.15) is 5.10 Å². The Morgan fingerprint density at radius 1 is 1.16 bits per heavy atom. The Bertz CT molecular complexity index is 1070. The normalized spacial score (nSPS) is 19.2. The van der Waals surface area contributed by atoms with Crippen LogP contribution in [0.15, 0.2) is 31.0 Å². The van der Waals surface area contributed by atoms with E-state index in [2.05, 4.69) is 35.5 Å². The number of rotatable bonds is 5. The van der Waals surface area contributed by atoms with Gasteiger partial charge in [-0.1, -0.05) is 0 Å². The van der Waals surface area contributed by atoms with Crippen LogP contribution in [0.3, 0.4) is 0 Å². The van der Waals surface area contributed by atoms with Crippen LogP contribution in [0.2, 0.25) is 0 Å². The van der Waals surface area contributed by atoms with E-state index < -0.39 is 6.04 Å². The van der Waals surface area contributed by atoms with Crippen LogP contribution in [-0.2, 0) is 9.53 Å². The fourth-order valence-electron chi connectivity index (χ4n) is 4.19. The van der Waals surface area contributed by atoms with E-state index in [0.29, 0.717) is 35.6 Å². The molecule has 31 heavy (non-hydrogen) atoms. The lowest BCUT2D eigenvalue weighted by atomic mass is 9.95. The number of anilines is 2. The molecule has 10 nitrogen and oxygen atoms in total. The number of hydrogen-bond donors (Lipinski definition) is 2. The van der Waals surface area contributed by atoms with E-state index in [1.54, 1.807) is 23.5 Å². The lowest BCUT2D eigenvalue weighted by Crippen LogP contribution is -2.44. The van der Waals surface area contributed by atoms with Crippen molar-refractivity contribution in [3.8, 4) is 11.5 Å². The molecule has 2 aliphatic rings. The fourth-order valence-corrected chi connectivity index (χ4v) is 4.19. The molecular weight excluding hydrogens is 396 g/mol. The molecule has 0 radical (unpaired) electrons. The van der Waals surface area contributed by atoms with Crippen LogP contribution in [0.4, 0.5) is 11.6 Å². The minimum Gasteiger partial charge on any atom is -0.381 e. The Labute approximate surface area is 179 Å². The molecular formula is C21H24N8O2. The van der Waals surface area contributed by atoms with Gasteiger partial charge in [-0.15, -0.1) is 0 Å². The average molecular weight is 420 g/mol. The van der Waals surface area contributed by atoms with Crippen LogP contribution in [-0.4, -0.2) is 55.8 Å². The number of aromatic nitrogens is 6. The van der Waals surface area contributed by atoms with Crippen LogP contribution in [0.25, 0.3) is 11.5 Å². The number of amides is 1. The quantitative estimate of drug-likeness (QED) is 0.645. The van der Waals surface area contributed by atoms with E-state index in [1.165, 1.54) is 6.33 Å². The third kappa shape index (κ3) is 3.86. The van der Waals surface area contributed by atoms with Crippen molar-refractivity contribution >= 4 is 17.5 Å². The monoisotopic (exact) mass is 420 g/mol. The molecule has 3 aromatic heterocycles. The number of hydrogen-bond acceptors (Lipinski definition) is 8. The number of nitrogens with zero attached hydrogens (tertiary/aromatic N) is 6. The third-order valence-corrected chi connectivity index (χ3v) is 5.95. The molecule has 0 saturated carbocycles. The number of pyridine rings is 1. The maximum atomic E-state index is 13.5. The highest BCUT2D eigenvalue weighted by molar-refractivity contribution is 6.03. The summed E-state index contributed by atoms with van der Waals surface area (Å²) in [7, 11) is 0. The van der Waals surface area contributed by atoms with Gasteiger partial charge in [-0.3, -0.25) is 19.8 Å². The lowest BCUT2D eigenvalue weighted by Gasteiger charge is -2.35. The van der Waals surface area contributed by atoms with Gasteiger partial charge in [0.05, 0.1) is 0 Å². The summed E-state index contributed by atoms with van der Waals surface area (Å²) in [6, 6.07) is 1.33. The van der Waals surface area contributed by atoms with E-state index in [1.807, 2.05) is 13.0 Å². The zero-order valence-electron chi connectivity index (χ0n) is 17.3. The molecule has 2 N–H and O–H groups in total. The largest absolute Gasteiger partial charge is 0.381 e. The number of fused-ring (bicyclic) bond motifs is 1. The minimum absolute atomic E-state index is 0.0441. The first-order chi connectivity index (χ1) is 15.2. The summed E-state index contributed by atoms with van der Waals surface area (Å²) in [6.45, 7) is 4.16. The van der Waals surface area contributed by atoms with Crippen LogP contribution in [0.5, 0.6) is 0 Å². The number of aryl methyl sites for hydroxylation is 1. The Morgan fingerprint density at radius 2 is 2.00 bits per heavy atom. The van der Waals surface area contributed by atoms with E-state index >= 15 is 0 Å². The standard InChI is InChI=1S/C21H24N8O2/c1-13-10-16(18-25-12-26-28-18)24-11-15(13)17-21(30)29(7-2-14-3-8-31-9-4-14)20-19(27-17)22-5-6-23-20/h5-6,10-12,14,17H,2-4,7-9H2,1H3,(H,22,27)(H,25,26,28). The number of carbonyl (C=O) groups is 1. The van der Waals surface area contributed by atoms with E-state index in [4.69, 9.17) is 4.74 Å². The number of nitrogens with one attached hydrogen (secondary N) is 2. The van der Waals surface area contributed by atoms with Gasteiger partial charge in [0.2, 0.25) is 0 Å². The van der Waals surface area contributed by atoms with Crippen LogP contribution >= 0.6 is 0 Å². The van der Waals surface area contributed by atoms with Gasteiger partial charge >= 0.3 is 0 Å². The number of carbonyl (C=O) groups excluding carboxylic acids is 1. The highest BCUT2D eigenvalue weighted by Crippen LogP contribution is 2.35. The fraction of sp³-hybridized carbons (Fsp3) is 0.429. The zero-order valence-corrected chi connectivity index (χ0v) is 17.3. The lowest BCUT2D eigenvalue weighted by molar-refractivity contribution is -0.119. The van der Waals surface area contributed by atoms with E-state index in [0.717, 1.165) is 43.6 Å². The van der Waals surface area contributed by atoms with Crippen molar-refractivity contribution in [1.29, 1.82) is 0 Å². The van der Waals surface area contributed by atoms with Gasteiger partial charge in [0, 0.05) is 43.9 Å². The minimum atomic E-state index is -0.574. The number of aromatic amines is 1. The number of H-pyrrole nitrogens is 1. The van der Waals surface area contributed by atoms with Gasteiger partial charge in [-0.05, 0) is 43.7 Å². The van der Waals surface area contributed by atoms with Crippen molar-refractivity contribution in [2.24, 2.45) is 5.92 Å². The Balaban J connectivity index is 1.42. The SMILES string of the molecule is Cc1cc(-c2ncn[nH]2)ncc1C1Nc2nccnc2N(CCC2CCOCC2)C1=O. The zero-order chi connectivity index (χ0) is 21.2. The molecule has 1 fully saturated rings. The summed E-state index contributed by atoms with van der Waals surface area (Å²) >= 11 is 0. The van der Waals surface area contributed by atoms with Crippen molar-refractivity contribution in [3.63, 3.8) is 0 Å². The first kappa shape index (κ1) is 19.6. The molecule has 5 heterocycles. The molecule has 1 unspecified atom stereocenters. The molecule has 160 valence electrons. The van der Waals surface area contributed by atoms with Crippen LogP contribution in [0.1, 0.15) is 36.4 Å². The summed E-state index contributed by atoms with van der Waals surface area (Å²) in [5, 5.41) is 9.95. The maximum absolute atomic E-state index is 13.5. The second kappa shape index (κ2) is 8.38. The van der Waals surface area contributed by atoms with Crippen LogP contribution < -0.4 is 10.2 Å². The number of ether oxygens (including phenoxy) is 1. The highest BCUT2D eigenvalue weighted by Gasteiger charge is 2.36. The van der Waals surface area contributed by atoms with Crippen LogP contribution in [0, 0.1) is 12.8 Å². The van der Waals surface area contributed by atoms with Gasteiger partial charge in [0.25, 0.3) is 5.91 Å². The predicted octanol–water partition coefficient (Wildman–Crippen LogP) is 2.28. The van der Waals surface area contributed by atoms with Gasteiger partial charge in [0.1, 0.15) is 18.1 Å². The second-order valence-electron chi connectivity index (χ2n) is 7.90. The Kier molecular flexibility index (Phi) is 5.29. The molecule has 5 rings (SSSR count). The maximum Gasteiger partial charge on any atom is 0.255 e. The molecule has 1 saturated heterocycles. The third-order valence-electron chi connectivity index (χ3n) is 5.95. The summed E-state index contributed by atoms with van der Waals surface area (Å²) in [5.41, 5.74) is 2.42. The molecule has 0 aromatic carbocycles. The molecule has 3 aromatic rings. The second-order valence-corrected chi connectivity index (χ2v) is 7.90. The van der Waals surface area contributed by atoms with Gasteiger partial charge in [0.15, 0.2) is 17.5 Å². The van der Waals surface area contributed by atoms with Crippen molar-refractivity contribution in [3.05, 3.63) is 42.1 Å². The molecule has 0 aliphatic carbocycles. The van der Waals surface area contributed by atoms with Gasteiger partial charge < -0.3 is 10.1 Å². The summed E-state index contributed by atoms with van der Waals surface area (Å²) in [4.78, 5) is 32.8. The van der Waals surface area contributed by atoms with Crippen molar-refractivity contribution in [2.45, 2.75) is 32.2 Å². The first-order valence-electron chi connectivity index (χ1n) is 10.5. The highest BCUT2D eigenvalue weighted by atomic mass is 16.5. The molecule has 2 aliphatic heterocycles. The molecule has 1 amide bonds. The Morgan fingerprint density at radius 3 is 2.77 bits per heavy atom. The molecule has 0 bridgehead atoms. The van der Waals surface area contributed by atoms with Crippen molar-refractivity contribution in [1.82, 2.24) is 30.1 Å². The summed E-state index contributed by atoms with van der Waals surface area (Å²) in [5.74, 6) is 2.29. The first-order valence-corrected chi connectivity index (χ1v) is 10.5. The average Bonchev–Trinajstić information content (AvgIpc) is 3.34. The van der Waals surface area contributed by atoms with E-state index in [-0.39, 0.29) is 5.91 Å².